The Morgan fingerprint density at radius 3 is 2.50 bits per heavy atom. The molecule has 1 amide bonds. The number of benzene rings is 1. The lowest BCUT2D eigenvalue weighted by Gasteiger charge is -2.13. The van der Waals surface area contributed by atoms with E-state index in [0.717, 1.165) is 0 Å². The normalized spacial score (nSPS) is 15.0. The summed E-state index contributed by atoms with van der Waals surface area (Å²) in [7, 11) is 1.49. The third kappa shape index (κ3) is 3.44. The van der Waals surface area contributed by atoms with Gasteiger partial charge in [-0.2, -0.15) is 0 Å². The maximum atomic E-state index is 12.0. The first-order valence-corrected chi connectivity index (χ1v) is 7.06. The number of nitrogens with one attached hydrogen (secondary N) is 1. The molecule has 1 aliphatic carbocycles. The Labute approximate surface area is 128 Å². The molecule has 0 aromatic heterocycles. The predicted molar refractivity (Wildman–Crippen MR) is 79.0 cm³/mol. The molecule has 1 aromatic rings. The van der Waals surface area contributed by atoms with Crippen LogP contribution in [0, 0.1) is 5.41 Å². The number of Topliss-reactive ketones (excluding diaryl/α,β-unsaturated/α-hetero) is 1. The monoisotopic (exact) mass is 305 g/mol. The third-order valence-corrected chi connectivity index (χ3v) is 3.97. The van der Waals surface area contributed by atoms with E-state index in [2.05, 4.69) is 5.32 Å². The molecule has 6 heteroatoms. The summed E-state index contributed by atoms with van der Waals surface area (Å²) in [4.78, 5) is 34.5. The molecule has 2 rings (SSSR count). The summed E-state index contributed by atoms with van der Waals surface area (Å²) < 4.78 is 5.19. The molecule has 0 heterocycles. The maximum absolute atomic E-state index is 12.0. The number of carbonyl (C=O) groups is 3. The number of carboxylic acids is 1. The second-order valence-electron chi connectivity index (χ2n) is 5.62. The minimum Gasteiger partial charge on any atom is -0.496 e. The van der Waals surface area contributed by atoms with Crippen LogP contribution < -0.4 is 10.1 Å². The maximum Gasteiger partial charge on any atom is 0.311 e. The topological polar surface area (TPSA) is 92.7 Å². The van der Waals surface area contributed by atoms with E-state index in [0.29, 0.717) is 29.7 Å². The van der Waals surface area contributed by atoms with Crippen LogP contribution in [0.25, 0.3) is 0 Å². The molecule has 0 bridgehead atoms. The zero-order valence-electron chi connectivity index (χ0n) is 12.6. The second-order valence-corrected chi connectivity index (χ2v) is 5.62. The molecule has 0 unspecified atom stereocenters. The van der Waals surface area contributed by atoms with E-state index in [1.807, 2.05) is 0 Å². The van der Waals surface area contributed by atoms with Gasteiger partial charge >= 0.3 is 5.97 Å². The first-order chi connectivity index (χ1) is 10.4. The number of ketones is 1. The molecule has 1 fully saturated rings. The second kappa shape index (κ2) is 6.17. The van der Waals surface area contributed by atoms with Gasteiger partial charge in [0.05, 0.1) is 18.9 Å². The Morgan fingerprint density at radius 1 is 1.32 bits per heavy atom. The van der Waals surface area contributed by atoms with Gasteiger partial charge in [-0.15, -0.1) is 0 Å². The summed E-state index contributed by atoms with van der Waals surface area (Å²) in [5.74, 6) is -0.720. The van der Waals surface area contributed by atoms with Crippen molar-refractivity contribution in [2.45, 2.75) is 26.2 Å². The van der Waals surface area contributed by atoms with E-state index in [-0.39, 0.29) is 24.7 Å². The van der Waals surface area contributed by atoms with Crippen LogP contribution in [0.4, 0.5) is 0 Å². The number of methoxy groups -OCH3 is 1. The number of carbonyl (C=O) groups excluding carboxylic acids is 2. The van der Waals surface area contributed by atoms with Crippen molar-refractivity contribution in [3.05, 3.63) is 29.3 Å². The van der Waals surface area contributed by atoms with Gasteiger partial charge in [0.2, 0.25) is 5.91 Å². The van der Waals surface area contributed by atoms with Crippen molar-refractivity contribution in [1.82, 2.24) is 5.32 Å². The Hall–Kier alpha value is -2.37. The lowest BCUT2D eigenvalue weighted by Crippen LogP contribution is -2.35. The van der Waals surface area contributed by atoms with Crippen molar-refractivity contribution in [2.75, 3.05) is 13.7 Å². The van der Waals surface area contributed by atoms with Crippen molar-refractivity contribution in [3.63, 3.8) is 0 Å². The summed E-state index contributed by atoms with van der Waals surface area (Å²) in [6.45, 7) is 1.59. The van der Waals surface area contributed by atoms with Crippen LogP contribution >= 0.6 is 0 Å². The predicted octanol–water partition coefficient (Wildman–Crippen LogP) is 1.42. The van der Waals surface area contributed by atoms with E-state index >= 15 is 0 Å². The van der Waals surface area contributed by atoms with Crippen molar-refractivity contribution in [3.8, 4) is 5.75 Å². The number of aliphatic carboxylic acids is 1. The van der Waals surface area contributed by atoms with E-state index in [1.165, 1.54) is 14.0 Å². The van der Waals surface area contributed by atoms with Gasteiger partial charge in [-0.3, -0.25) is 14.4 Å². The molecule has 2 N–H and O–H groups in total. The molecular formula is C16H19NO5. The van der Waals surface area contributed by atoms with Gasteiger partial charge in [-0.25, -0.2) is 0 Å². The molecule has 0 radical (unpaired) electrons. The highest BCUT2D eigenvalue weighted by Gasteiger charge is 2.50. The number of carboxylic acid groups (broad SMARTS) is 1. The first-order valence-electron chi connectivity index (χ1n) is 7.06. The molecular weight excluding hydrogens is 286 g/mol. The highest BCUT2D eigenvalue weighted by Crippen LogP contribution is 2.45. The summed E-state index contributed by atoms with van der Waals surface area (Å²) in [6.07, 6.45) is 1.22. The van der Waals surface area contributed by atoms with Gasteiger partial charge in [0.1, 0.15) is 5.75 Å². The number of amides is 1. The summed E-state index contributed by atoms with van der Waals surface area (Å²) in [6, 6.07) is 4.93. The highest BCUT2D eigenvalue weighted by molar-refractivity contribution is 5.94. The van der Waals surface area contributed by atoms with Gasteiger partial charge in [-0.05, 0) is 38.0 Å². The lowest BCUT2D eigenvalue weighted by molar-refractivity contribution is -0.143. The SMILES string of the molecule is COc1ccc(C(C)=O)cc1CC(=O)NCC1(C(=O)O)CC1. The quantitative estimate of drug-likeness (QED) is 0.743. The minimum atomic E-state index is -0.871. The lowest BCUT2D eigenvalue weighted by atomic mass is 10.0. The number of hydrogen-bond donors (Lipinski definition) is 2. The van der Waals surface area contributed by atoms with Crippen molar-refractivity contribution in [2.24, 2.45) is 5.41 Å². The van der Waals surface area contributed by atoms with Gasteiger partial charge in [0, 0.05) is 17.7 Å². The Bertz CT molecular complexity index is 619. The largest absolute Gasteiger partial charge is 0.496 e. The fourth-order valence-corrected chi connectivity index (χ4v) is 2.26. The molecule has 0 saturated heterocycles. The average Bonchev–Trinajstić information content (AvgIpc) is 3.26. The zero-order valence-corrected chi connectivity index (χ0v) is 12.6. The Balaban J connectivity index is 2.03. The molecule has 0 atom stereocenters. The van der Waals surface area contributed by atoms with Gasteiger partial charge in [-0.1, -0.05) is 0 Å². The molecule has 6 nitrogen and oxygen atoms in total. The van der Waals surface area contributed by atoms with E-state index < -0.39 is 11.4 Å². The fraction of sp³-hybridized carbons (Fsp3) is 0.438. The van der Waals surface area contributed by atoms with Crippen LogP contribution in [0.15, 0.2) is 18.2 Å². The number of ether oxygens (including phenoxy) is 1. The van der Waals surface area contributed by atoms with Crippen LogP contribution in [0.1, 0.15) is 35.7 Å². The standard InChI is InChI=1S/C16H19NO5/c1-10(18)11-3-4-13(22-2)12(7-11)8-14(19)17-9-16(5-6-16)15(20)21/h3-4,7H,5-6,8-9H2,1-2H3,(H,17,19)(H,20,21). The average molecular weight is 305 g/mol. The molecule has 1 saturated carbocycles. The van der Waals surface area contributed by atoms with Crippen LogP contribution in [0.2, 0.25) is 0 Å². The Morgan fingerprint density at radius 2 is 2.00 bits per heavy atom. The fourth-order valence-electron chi connectivity index (χ4n) is 2.26. The summed E-state index contributed by atoms with van der Waals surface area (Å²) in [5.41, 5.74) is 0.321. The molecule has 0 aliphatic heterocycles. The molecule has 118 valence electrons. The van der Waals surface area contributed by atoms with Gasteiger partial charge in [0.25, 0.3) is 0 Å². The van der Waals surface area contributed by atoms with Crippen molar-refractivity contribution < 1.29 is 24.2 Å². The number of hydrogen-bond acceptors (Lipinski definition) is 4. The number of rotatable bonds is 7. The molecule has 1 aromatic carbocycles. The molecule has 1 aliphatic rings. The van der Waals surface area contributed by atoms with Crippen molar-refractivity contribution in [1.29, 1.82) is 0 Å². The van der Waals surface area contributed by atoms with Gasteiger partial charge in [0.15, 0.2) is 5.78 Å². The highest BCUT2D eigenvalue weighted by atomic mass is 16.5. The van der Waals surface area contributed by atoms with Crippen LogP contribution in [0.5, 0.6) is 5.75 Å². The Kier molecular flexibility index (Phi) is 4.49. The first kappa shape index (κ1) is 16.0. The summed E-state index contributed by atoms with van der Waals surface area (Å²) in [5, 5.41) is 11.7. The molecule has 0 spiro atoms. The van der Waals surface area contributed by atoms with Crippen LogP contribution in [-0.2, 0) is 16.0 Å². The van der Waals surface area contributed by atoms with E-state index in [9.17, 15) is 14.4 Å². The van der Waals surface area contributed by atoms with E-state index in [4.69, 9.17) is 9.84 Å². The van der Waals surface area contributed by atoms with E-state index in [1.54, 1.807) is 18.2 Å². The molecule has 22 heavy (non-hydrogen) atoms. The van der Waals surface area contributed by atoms with Crippen LogP contribution in [0.3, 0.4) is 0 Å². The minimum absolute atomic E-state index is 0.0417. The zero-order chi connectivity index (χ0) is 16.3. The van der Waals surface area contributed by atoms with Gasteiger partial charge < -0.3 is 15.2 Å². The van der Waals surface area contributed by atoms with Crippen molar-refractivity contribution >= 4 is 17.7 Å². The smallest absolute Gasteiger partial charge is 0.311 e. The third-order valence-electron chi connectivity index (χ3n) is 3.97. The summed E-state index contributed by atoms with van der Waals surface area (Å²) >= 11 is 0. The van der Waals surface area contributed by atoms with Crippen LogP contribution in [-0.4, -0.2) is 36.4 Å².